The summed E-state index contributed by atoms with van der Waals surface area (Å²) < 4.78 is 35.2. The molecule has 1 heterocycles. The summed E-state index contributed by atoms with van der Waals surface area (Å²) in [4.78, 5) is 28.3. The van der Waals surface area contributed by atoms with Gasteiger partial charge in [0.15, 0.2) is 5.78 Å². The van der Waals surface area contributed by atoms with Gasteiger partial charge in [0.25, 0.3) is 0 Å². The summed E-state index contributed by atoms with van der Waals surface area (Å²) in [7, 11) is 0. The fourth-order valence-electron chi connectivity index (χ4n) is 3.94. The molecule has 1 saturated carbocycles. The molecule has 0 bridgehead atoms. The molecule has 1 aromatic carbocycles. The Balaban J connectivity index is 1.48. The van der Waals surface area contributed by atoms with E-state index in [2.05, 4.69) is 13.8 Å². The van der Waals surface area contributed by atoms with E-state index in [9.17, 15) is 18.4 Å². The fraction of sp³-hybridized carbons (Fsp3) is 0.435. The van der Waals surface area contributed by atoms with Crippen molar-refractivity contribution >= 4 is 34.6 Å². The lowest BCUT2D eigenvalue weighted by Gasteiger charge is -2.29. The van der Waals surface area contributed by atoms with Crippen LogP contribution in [0.1, 0.15) is 55.3 Å². The number of hydrogen-bond acceptors (Lipinski definition) is 5. The van der Waals surface area contributed by atoms with E-state index in [1.165, 1.54) is 24.3 Å². The average molecular weight is 557 g/mol. The minimum absolute atomic E-state index is 0.0100. The van der Waals surface area contributed by atoms with Crippen molar-refractivity contribution in [2.45, 2.75) is 51.0 Å². The minimum Gasteiger partial charge on any atom is -0.438 e. The van der Waals surface area contributed by atoms with E-state index in [4.69, 9.17) is 4.74 Å². The first-order chi connectivity index (χ1) is 15.4. The van der Waals surface area contributed by atoms with Gasteiger partial charge >= 0.3 is 0 Å². The molecule has 0 atom stereocenters. The van der Waals surface area contributed by atoms with Gasteiger partial charge in [-0.25, -0.2) is 13.8 Å². The molecule has 32 heavy (non-hydrogen) atoms. The first-order valence-electron chi connectivity index (χ1n) is 10.7. The summed E-state index contributed by atoms with van der Waals surface area (Å²) in [5.74, 6) is -0.401. The molecule has 0 aliphatic heterocycles. The Morgan fingerprint density at radius 1 is 1.09 bits per heavy atom. The zero-order chi connectivity index (χ0) is 22.9. The third kappa shape index (κ3) is 7.47. The molecule has 9 heteroatoms. The Morgan fingerprint density at radius 3 is 2.50 bits per heavy atom. The van der Waals surface area contributed by atoms with Gasteiger partial charge in [0.1, 0.15) is 17.4 Å². The molecule has 1 fully saturated rings. The highest BCUT2D eigenvalue weighted by Gasteiger charge is 2.23. The lowest BCUT2D eigenvalue weighted by molar-refractivity contribution is -0.120. The lowest BCUT2D eigenvalue weighted by Crippen LogP contribution is -2.40. The second-order valence-electron chi connectivity index (χ2n) is 7.97. The van der Waals surface area contributed by atoms with Gasteiger partial charge in [0, 0.05) is 35.3 Å². The molecule has 1 aliphatic rings. The summed E-state index contributed by atoms with van der Waals surface area (Å²) in [5, 5.41) is 3.03. The van der Waals surface area contributed by atoms with E-state index in [1.54, 1.807) is 0 Å². The topological polar surface area (TPSA) is 80.3 Å². The summed E-state index contributed by atoms with van der Waals surface area (Å²) >= 11 is 1.95. The highest BCUT2D eigenvalue weighted by atomic mass is 127. The summed E-state index contributed by atoms with van der Waals surface area (Å²) in [6, 6.07) is 6.67. The van der Waals surface area contributed by atoms with Crippen molar-refractivity contribution in [3.8, 4) is 11.6 Å². The predicted octanol–water partition coefficient (Wildman–Crippen LogP) is 5.12. The van der Waals surface area contributed by atoms with Gasteiger partial charge in [-0.3, -0.25) is 13.1 Å². The van der Waals surface area contributed by atoms with Crippen LogP contribution in [0.2, 0.25) is 0 Å². The summed E-state index contributed by atoms with van der Waals surface area (Å²) in [6.45, 7) is 0.310. The van der Waals surface area contributed by atoms with Crippen molar-refractivity contribution in [2.75, 3.05) is 6.54 Å². The Bertz CT molecular complexity index is 919. The van der Waals surface area contributed by atoms with Crippen LogP contribution in [0, 0.1) is 17.6 Å². The molecular formula is C23H26F2IN3O3. The number of amides is 1. The number of benzene rings is 1. The molecule has 2 N–H and O–H groups in total. The maximum Gasteiger partial charge on any atom is 0.234 e. The van der Waals surface area contributed by atoms with Crippen molar-refractivity contribution in [3.05, 3.63) is 53.7 Å². The molecule has 0 spiro atoms. The number of nitrogens with one attached hydrogen (secondary N) is 2. The number of pyridine rings is 1. The fourth-order valence-corrected chi connectivity index (χ4v) is 4.29. The van der Waals surface area contributed by atoms with Crippen LogP contribution in [-0.4, -0.2) is 29.3 Å². The van der Waals surface area contributed by atoms with Crippen molar-refractivity contribution < 1.29 is 23.1 Å². The van der Waals surface area contributed by atoms with Crippen LogP contribution in [0.4, 0.5) is 8.78 Å². The van der Waals surface area contributed by atoms with Gasteiger partial charge in [-0.2, -0.15) is 0 Å². The number of carbonyl (C=O) groups is 2. The van der Waals surface area contributed by atoms with Crippen molar-refractivity contribution in [1.82, 2.24) is 13.8 Å². The zero-order valence-corrected chi connectivity index (χ0v) is 19.7. The van der Waals surface area contributed by atoms with Gasteiger partial charge in [-0.05, 0) is 68.4 Å². The number of halogens is 3. The number of carbonyl (C=O) groups excluding carboxylic acids is 2. The quantitative estimate of drug-likeness (QED) is 0.241. The standard InChI is InChI=1S/C23H26F2IN3O3/c24-16-6-10-19(11-7-16)32-23-20(12-17(25)13-27-23)21(30)3-1-2-15-4-8-18(9-5-15)29-22(31)14-28-26/h6-7,10-13,15,18,28H,1-5,8-9,14H2,(H,29,31). The van der Waals surface area contributed by atoms with Crippen LogP contribution < -0.4 is 13.6 Å². The molecule has 0 unspecified atom stereocenters. The second kappa shape index (κ2) is 12.2. The number of nitrogens with zero attached hydrogens (tertiary/aromatic N) is 1. The molecule has 172 valence electrons. The minimum atomic E-state index is -0.613. The van der Waals surface area contributed by atoms with E-state index in [-0.39, 0.29) is 35.6 Å². The number of ketones is 1. The Hall–Kier alpha value is -2.14. The van der Waals surface area contributed by atoms with Crippen LogP contribution in [0.3, 0.4) is 0 Å². The highest BCUT2D eigenvalue weighted by molar-refractivity contribution is 14.1. The van der Waals surface area contributed by atoms with E-state index < -0.39 is 11.6 Å². The van der Waals surface area contributed by atoms with Gasteiger partial charge < -0.3 is 10.1 Å². The molecule has 3 rings (SSSR count). The molecule has 1 amide bonds. The average Bonchev–Trinajstić information content (AvgIpc) is 2.78. The van der Waals surface area contributed by atoms with E-state index >= 15 is 0 Å². The largest absolute Gasteiger partial charge is 0.438 e. The summed E-state index contributed by atoms with van der Waals surface area (Å²) in [6.07, 6.45) is 6.74. The number of Topliss-reactive ketones (excluding diaryl/α,β-unsaturated/α-hetero) is 1. The van der Waals surface area contributed by atoms with E-state index in [1.807, 2.05) is 22.9 Å². The SMILES string of the molecule is O=C(CNI)NC1CCC(CCCC(=O)c2cc(F)cnc2Oc2ccc(F)cc2)CC1. The van der Waals surface area contributed by atoms with Crippen molar-refractivity contribution in [2.24, 2.45) is 5.92 Å². The molecule has 1 aromatic heterocycles. The van der Waals surface area contributed by atoms with Gasteiger partial charge in [-0.1, -0.05) is 6.42 Å². The van der Waals surface area contributed by atoms with Gasteiger partial charge in [-0.15, -0.1) is 0 Å². The predicted molar refractivity (Wildman–Crippen MR) is 125 cm³/mol. The Labute approximate surface area is 200 Å². The Kier molecular flexibility index (Phi) is 9.34. The van der Waals surface area contributed by atoms with Crippen molar-refractivity contribution in [1.29, 1.82) is 0 Å². The molecule has 6 nitrogen and oxygen atoms in total. The van der Waals surface area contributed by atoms with Gasteiger partial charge in [0.05, 0.1) is 18.3 Å². The number of rotatable bonds is 10. The van der Waals surface area contributed by atoms with Crippen LogP contribution in [-0.2, 0) is 4.79 Å². The highest BCUT2D eigenvalue weighted by Crippen LogP contribution is 2.30. The second-order valence-corrected chi connectivity index (χ2v) is 8.74. The number of ether oxygens (including phenoxy) is 1. The molecule has 2 aromatic rings. The van der Waals surface area contributed by atoms with E-state index in [0.29, 0.717) is 24.6 Å². The maximum atomic E-state index is 13.7. The molecule has 1 aliphatic carbocycles. The molecule has 0 saturated heterocycles. The smallest absolute Gasteiger partial charge is 0.234 e. The third-order valence-electron chi connectivity index (χ3n) is 5.60. The molecular weight excluding hydrogens is 531 g/mol. The Morgan fingerprint density at radius 2 is 1.81 bits per heavy atom. The number of aromatic nitrogens is 1. The normalized spacial score (nSPS) is 18.2. The third-order valence-corrected chi connectivity index (χ3v) is 5.98. The van der Waals surface area contributed by atoms with Crippen LogP contribution in [0.15, 0.2) is 36.5 Å². The monoisotopic (exact) mass is 557 g/mol. The van der Waals surface area contributed by atoms with E-state index in [0.717, 1.165) is 44.4 Å². The van der Waals surface area contributed by atoms with Crippen LogP contribution >= 0.6 is 22.9 Å². The number of hydrogen-bond donors (Lipinski definition) is 2. The maximum absolute atomic E-state index is 13.7. The van der Waals surface area contributed by atoms with Crippen LogP contribution in [0.25, 0.3) is 0 Å². The lowest BCUT2D eigenvalue weighted by atomic mass is 9.83. The first-order valence-corrected chi connectivity index (χ1v) is 11.8. The first kappa shape index (κ1) is 24.5. The van der Waals surface area contributed by atoms with Gasteiger partial charge in [0.2, 0.25) is 11.8 Å². The van der Waals surface area contributed by atoms with Crippen LogP contribution in [0.5, 0.6) is 11.6 Å². The zero-order valence-electron chi connectivity index (χ0n) is 17.6. The van der Waals surface area contributed by atoms with Crippen molar-refractivity contribution in [3.63, 3.8) is 0 Å². The summed E-state index contributed by atoms with van der Waals surface area (Å²) in [5.41, 5.74) is 0.0876. The molecule has 0 radical (unpaired) electrons.